The van der Waals surface area contributed by atoms with E-state index in [0.29, 0.717) is 5.01 Å². The van der Waals surface area contributed by atoms with Crippen molar-refractivity contribution < 1.29 is 14.0 Å². The van der Waals surface area contributed by atoms with Crippen LogP contribution in [0.5, 0.6) is 0 Å². The molecule has 0 aliphatic carbocycles. The molecule has 104 valence electrons. The Balaban J connectivity index is 2.22. The fourth-order valence-electron chi connectivity index (χ4n) is 1.47. The molecule has 0 aliphatic rings. The maximum absolute atomic E-state index is 13.6. The van der Waals surface area contributed by atoms with E-state index in [1.807, 2.05) is 0 Å². The molecular formula is C12H11FN4O2S. The fraction of sp³-hybridized carbons (Fsp3) is 0.0833. The second-order valence-electron chi connectivity index (χ2n) is 3.84. The first-order chi connectivity index (χ1) is 9.51. The van der Waals surface area contributed by atoms with Gasteiger partial charge in [-0.05, 0) is 18.2 Å². The topological polar surface area (TPSA) is 111 Å². The molecule has 0 saturated carbocycles. The van der Waals surface area contributed by atoms with Crippen molar-refractivity contribution in [2.75, 3.05) is 5.32 Å². The summed E-state index contributed by atoms with van der Waals surface area (Å²) < 4.78 is 13.6. The third-order valence-electron chi connectivity index (χ3n) is 2.46. The highest BCUT2D eigenvalue weighted by molar-refractivity contribution is 7.09. The van der Waals surface area contributed by atoms with Gasteiger partial charge in [-0.25, -0.2) is 9.37 Å². The zero-order valence-corrected chi connectivity index (χ0v) is 11.0. The molecule has 0 spiro atoms. The summed E-state index contributed by atoms with van der Waals surface area (Å²) in [6.07, 6.45) is 0. The van der Waals surface area contributed by atoms with E-state index in [4.69, 9.17) is 11.5 Å². The standard InChI is InChI=1S/C12H11FN4O2S/c13-7-2-1-6(11(15)18)3-8(7)17-12(19)9-5-20-10(4-14)16-9/h1-3,5H,4,14H2,(H2,15,18)(H,17,19). The normalized spacial score (nSPS) is 10.3. The highest BCUT2D eigenvalue weighted by atomic mass is 32.1. The largest absolute Gasteiger partial charge is 0.366 e. The van der Waals surface area contributed by atoms with Gasteiger partial charge in [-0.3, -0.25) is 9.59 Å². The third kappa shape index (κ3) is 2.98. The van der Waals surface area contributed by atoms with E-state index >= 15 is 0 Å². The summed E-state index contributed by atoms with van der Waals surface area (Å²) in [5.41, 5.74) is 10.6. The van der Waals surface area contributed by atoms with Crippen molar-refractivity contribution in [3.8, 4) is 0 Å². The molecule has 8 heteroatoms. The fourth-order valence-corrected chi connectivity index (χ4v) is 2.12. The van der Waals surface area contributed by atoms with Gasteiger partial charge in [0.2, 0.25) is 5.91 Å². The SMILES string of the molecule is NCc1nc(C(=O)Nc2cc(C(N)=O)ccc2F)cs1. The summed E-state index contributed by atoms with van der Waals surface area (Å²) in [6.45, 7) is 0.226. The van der Waals surface area contributed by atoms with Crippen molar-refractivity contribution in [3.05, 3.63) is 45.7 Å². The average Bonchev–Trinajstić information content (AvgIpc) is 2.89. The summed E-state index contributed by atoms with van der Waals surface area (Å²) in [6, 6.07) is 3.47. The van der Waals surface area contributed by atoms with E-state index in [2.05, 4.69) is 10.3 Å². The number of anilines is 1. The number of nitrogens with zero attached hydrogens (tertiary/aromatic N) is 1. The van der Waals surface area contributed by atoms with Crippen LogP contribution in [0.4, 0.5) is 10.1 Å². The number of halogens is 1. The third-order valence-corrected chi connectivity index (χ3v) is 3.33. The van der Waals surface area contributed by atoms with Crippen LogP contribution in [0.2, 0.25) is 0 Å². The summed E-state index contributed by atoms with van der Waals surface area (Å²) >= 11 is 1.24. The monoisotopic (exact) mass is 294 g/mol. The van der Waals surface area contributed by atoms with Crippen LogP contribution in [0, 0.1) is 5.82 Å². The smallest absolute Gasteiger partial charge is 0.275 e. The van der Waals surface area contributed by atoms with Crippen molar-refractivity contribution in [1.29, 1.82) is 0 Å². The number of benzene rings is 1. The molecule has 1 heterocycles. The van der Waals surface area contributed by atoms with Crippen LogP contribution < -0.4 is 16.8 Å². The molecule has 2 rings (SSSR count). The summed E-state index contributed by atoms with van der Waals surface area (Å²) in [5, 5.41) is 4.46. The Bertz CT molecular complexity index is 671. The van der Waals surface area contributed by atoms with Crippen molar-refractivity contribution in [3.63, 3.8) is 0 Å². The van der Waals surface area contributed by atoms with Crippen LogP contribution in [0.3, 0.4) is 0 Å². The molecule has 0 fully saturated rings. The van der Waals surface area contributed by atoms with Crippen LogP contribution >= 0.6 is 11.3 Å². The number of thiazole rings is 1. The molecule has 0 aliphatic heterocycles. The van der Waals surface area contributed by atoms with Crippen LogP contribution in [0.15, 0.2) is 23.6 Å². The number of carbonyl (C=O) groups is 2. The molecule has 2 aromatic rings. The molecule has 20 heavy (non-hydrogen) atoms. The van der Waals surface area contributed by atoms with E-state index in [0.717, 1.165) is 6.07 Å². The summed E-state index contributed by atoms with van der Waals surface area (Å²) in [5.74, 6) is -1.96. The van der Waals surface area contributed by atoms with Gasteiger partial charge in [0, 0.05) is 17.5 Å². The van der Waals surface area contributed by atoms with E-state index in [9.17, 15) is 14.0 Å². The van der Waals surface area contributed by atoms with Gasteiger partial charge in [0.15, 0.2) is 0 Å². The Kier molecular flexibility index (Phi) is 4.06. The van der Waals surface area contributed by atoms with E-state index in [1.54, 1.807) is 0 Å². The first-order valence-corrected chi connectivity index (χ1v) is 6.44. The molecule has 2 amide bonds. The number of hydrogen-bond donors (Lipinski definition) is 3. The average molecular weight is 294 g/mol. The van der Waals surface area contributed by atoms with Gasteiger partial charge >= 0.3 is 0 Å². The maximum Gasteiger partial charge on any atom is 0.275 e. The van der Waals surface area contributed by atoms with Gasteiger partial charge in [-0.2, -0.15) is 0 Å². The summed E-state index contributed by atoms with van der Waals surface area (Å²) in [7, 11) is 0. The second-order valence-corrected chi connectivity index (χ2v) is 4.79. The lowest BCUT2D eigenvalue weighted by Crippen LogP contribution is -2.16. The zero-order chi connectivity index (χ0) is 14.7. The lowest BCUT2D eigenvalue weighted by atomic mass is 10.2. The molecule has 1 aromatic carbocycles. The Hall–Kier alpha value is -2.32. The lowest BCUT2D eigenvalue weighted by molar-refractivity contribution is 0.0995. The number of primary amides is 1. The minimum absolute atomic E-state index is 0.0997. The predicted molar refractivity (Wildman–Crippen MR) is 72.9 cm³/mol. The number of aromatic nitrogens is 1. The van der Waals surface area contributed by atoms with Gasteiger partial charge in [0.1, 0.15) is 16.5 Å². The Morgan fingerprint density at radius 2 is 2.15 bits per heavy atom. The molecule has 1 aromatic heterocycles. The van der Waals surface area contributed by atoms with E-state index < -0.39 is 17.6 Å². The number of nitrogens with one attached hydrogen (secondary N) is 1. The quantitative estimate of drug-likeness (QED) is 0.783. The second kappa shape index (κ2) is 5.76. The number of amides is 2. The Morgan fingerprint density at radius 1 is 1.40 bits per heavy atom. The van der Waals surface area contributed by atoms with E-state index in [-0.39, 0.29) is 23.5 Å². The maximum atomic E-state index is 13.6. The highest BCUT2D eigenvalue weighted by Gasteiger charge is 2.14. The molecule has 0 radical (unpaired) electrons. The van der Waals surface area contributed by atoms with Gasteiger partial charge < -0.3 is 16.8 Å². The molecule has 6 nitrogen and oxygen atoms in total. The number of nitrogens with two attached hydrogens (primary N) is 2. The predicted octanol–water partition coefficient (Wildman–Crippen LogP) is 1.09. The number of rotatable bonds is 4. The highest BCUT2D eigenvalue weighted by Crippen LogP contribution is 2.18. The van der Waals surface area contributed by atoms with Gasteiger partial charge in [-0.15, -0.1) is 11.3 Å². The molecular weight excluding hydrogens is 283 g/mol. The lowest BCUT2D eigenvalue weighted by Gasteiger charge is -2.06. The van der Waals surface area contributed by atoms with Gasteiger partial charge in [0.25, 0.3) is 5.91 Å². The number of hydrogen-bond acceptors (Lipinski definition) is 5. The zero-order valence-electron chi connectivity index (χ0n) is 10.2. The van der Waals surface area contributed by atoms with Crippen molar-refractivity contribution in [2.45, 2.75) is 6.54 Å². The van der Waals surface area contributed by atoms with E-state index in [1.165, 1.54) is 28.8 Å². The molecule has 5 N–H and O–H groups in total. The first kappa shape index (κ1) is 14.1. The van der Waals surface area contributed by atoms with Crippen LogP contribution in [-0.2, 0) is 6.54 Å². The van der Waals surface area contributed by atoms with Crippen molar-refractivity contribution >= 4 is 28.8 Å². The van der Waals surface area contributed by atoms with Gasteiger partial charge in [0.05, 0.1) is 5.69 Å². The Morgan fingerprint density at radius 3 is 2.75 bits per heavy atom. The van der Waals surface area contributed by atoms with Gasteiger partial charge in [-0.1, -0.05) is 0 Å². The molecule has 0 unspecified atom stereocenters. The van der Waals surface area contributed by atoms with Crippen LogP contribution in [0.1, 0.15) is 25.9 Å². The molecule has 0 saturated heterocycles. The Labute approximate surface area is 117 Å². The van der Waals surface area contributed by atoms with Crippen molar-refractivity contribution in [1.82, 2.24) is 4.98 Å². The number of carbonyl (C=O) groups excluding carboxylic acids is 2. The minimum atomic E-state index is -0.709. The van der Waals surface area contributed by atoms with Crippen LogP contribution in [-0.4, -0.2) is 16.8 Å². The first-order valence-electron chi connectivity index (χ1n) is 5.56. The molecule has 0 bridgehead atoms. The minimum Gasteiger partial charge on any atom is -0.366 e. The molecule has 0 atom stereocenters. The summed E-state index contributed by atoms with van der Waals surface area (Å²) in [4.78, 5) is 26.9. The van der Waals surface area contributed by atoms with Crippen molar-refractivity contribution in [2.24, 2.45) is 11.5 Å². The van der Waals surface area contributed by atoms with Crippen LogP contribution in [0.25, 0.3) is 0 Å².